The van der Waals surface area contributed by atoms with Gasteiger partial charge < -0.3 is 15.5 Å². The maximum Gasteiger partial charge on any atom is 0.418 e. The van der Waals surface area contributed by atoms with Gasteiger partial charge in [-0.3, -0.25) is 4.98 Å². The van der Waals surface area contributed by atoms with E-state index in [4.69, 9.17) is 5.11 Å². The number of rotatable bonds is 4. The quantitative estimate of drug-likeness (QED) is 0.808. The number of aromatic nitrogens is 1. The second-order valence-electron chi connectivity index (χ2n) is 4.78. The number of para-hydroxylation sites is 1. The van der Waals surface area contributed by atoms with E-state index in [-0.39, 0.29) is 28.7 Å². The van der Waals surface area contributed by atoms with Crippen molar-refractivity contribution >= 4 is 22.6 Å². The highest BCUT2D eigenvalue weighted by molar-refractivity contribution is 6.05. The van der Waals surface area contributed by atoms with Crippen LogP contribution in [-0.2, 0) is 6.18 Å². The molecule has 3 N–H and O–H groups in total. The molecule has 2 rings (SSSR count). The number of aliphatic hydroxyl groups is 1. The highest BCUT2D eigenvalue weighted by Crippen LogP contribution is 2.36. The smallest absolute Gasteiger partial charge is 0.418 e. The Kier molecular flexibility index (Phi) is 4.23. The first-order valence-corrected chi connectivity index (χ1v) is 6.36. The van der Waals surface area contributed by atoms with Gasteiger partial charge in [-0.15, -0.1) is 0 Å². The van der Waals surface area contributed by atoms with E-state index in [1.807, 2.05) is 0 Å². The molecule has 0 unspecified atom stereocenters. The highest BCUT2D eigenvalue weighted by atomic mass is 19.4. The number of anilines is 1. The monoisotopic (exact) mass is 314 g/mol. The van der Waals surface area contributed by atoms with Gasteiger partial charge in [-0.1, -0.05) is 12.1 Å². The summed E-state index contributed by atoms with van der Waals surface area (Å²) in [5, 5.41) is 21.2. The van der Waals surface area contributed by atoms with Crippen molar-refractivity contribution in [2.75, 3.05) is 11.9 Å². The zero-order valence-corrected chi connectivity index (χ0v) is 11.5. The Morgan fingerprint density at radius 3 is 2.64 bits per heavy atom. The van der Waals surface area contributed by atoms with Crippen molar-refractivity contribution in [3.05, 3.63) is 35.5 Å². The first-order valence-electron chi connectivity index (χ1n) is 6.36. The predicted octanol–water partition coefficient (Wildman–Crippen LogP) is 2.74. The van der Waals surface area contributed by atoms with Crippen molar-refractivity contribution in [2.45, 2.75) is 19.2 Å². The number of aliphatic hydroxyl groups excluding tert-OH is 1. The number of hydrogen-bond donors (Lipinski definition) is 3. The largest absolute Gasteiger partial charge is 0.478 e. The number of carbonyl (C=O) groups is 1. The third-order valence-electron chi connectivity index (χ3n) is 3.01. The summed E-state index contributed by atoms with van der Waals surface area (Å²) in [4.78, 5) is 14.9. The highest BCUT2D eigenvalue weighted by Gasteiger charge is 2.33. The number of hydrogen-bond acceptors (Lipinski definition) is 4. The average Bonchev–Trinajstić information content (AvgIpc) is 2.42. The van der Waals surface area contributed by atoms with Crippen molar-refractivity contribution in [1.29, 1.82) is 0 Å². The van der Waals surface area contributed by atoms with Crippen LogP contribution in [0.3, 0.4) is 0 Å². The average molecular weight is 314 g/mol. The number of carboxylic acid groups (broad SMARTS) is 1. The second-order valence-corrected chi connectivity index (χ2v) is 4.78. The second kappa shape index (κ2) is 5.80. The first kappa shape index (κ1) is 16.0. The minimum absolute atomic E-state index is 0.00417. The molecule has 0 aliphatic rings. The molecule has 0 radical (unpaired) electrons. The van der Waals surface area contributed by atoms with E-state index in [0.29, 0.717) is 0 Å². The summed E-state index contributed by atoms with van der Waals surface area (Å²) in [6.07, 6.45) is -4.51. The van der Waals surface area contributed by atoms with Gasteiger partial charge in [0.15, 0.2) is 0 Å². The lowest BCUT2D eigenvalue weighted by Gasteiger charge is -2.16. The molecule has 5 nitrogen and oxygen atoms in total. The molecule has 0 spiro atoms. The molecular weight excluding hydrogens is 301 g/mol. The van der Waals surface area contributed by atoms with E-state index in [2.05, 4.69) is 10.3 Å². The number of benzene rings is 1. The van der Waals surface area contributed by atoms with Crippen molar-refractivity contribution in [3.8, 4) is 0 Å². The zero-order chi connectivity index (χ0) is 16.5. The van der Waals surface area contributed by atoms with Gasteiger partial charge in [-0.2, -0.15) is 13.2 Å². The van der Waals surface area contributed by atoms with Crippen LogP contribution in [0.5, 0.6) is 0 Å². The fourth-order valence-electron chi connectivity index (χ4n) is 2.05. The van der Waals surface area contributed by atoms with Gasteiger partial charge >= 0.3 is 12.1 Å². The molecule has 0 saturated carbocycles. The Hall–Kier alpha value is -2.35. The number of halogens is 3. The van der Waals surface area contributed by atoms with Crippen LogP contribution < -0.4 is 5.32 Å². The molecule has 118 valence electrons. The lowest BCUT2D eigenvalue weighted by Crippen LogP contribution is -2.18. The molecule has 0 amide bonds. The topological polar surface area (TPSA) is 82.5 Å². The molecule has 2 aromatic rings. The number of pyridine rings is 1. The summed E-state index contributed by atoms with van der Waals surface area (Å²) >= 11 is 0. The molecule has 22 heavy (non-hydrogen) atoms. The molecule has 0 saturated heterocycles. The number of nitrogens with one attached hydrogen (secondary N) is 1. The summed E-state index contributed by atoms with van der Waals surface area (Å²) in [5.41, 5.74) is -1.54. The van der Waals surface area contributed by atoms with Crippen LogP contribution in [0.15, 0.2) is 24.4 Å². The van der Waals surface area contributed by atoms with Gasteiger partial charge in [-0.05, 0) is 13.0 Å². The van der Waals surface area contributed by atoms with Gasteiger partial charge in [0.1, 0.15) is 5.56 Å². The molecule has 0 bridgehead atoms. The molecule has 1 heterocycles. The van der Waals surface area contributed by atoms with E-state index in [0.717, 1.165) is 12.3 Å². The molecule has 1 atom stereocenters. The number of alkyl halides is 3. The number of aromatic carboxylic acids is 1. The third-order valence-corrected chi connectivity index (χ3v) is 3.01. The first-order chi connectivity index (χ1) is 10.2. The number of carboxylic acids is 1. The van der Waals surface area contributed by atoms with Crippen LogP contribution in [0.4, 0.5) is 18.9 Å². The van der Waals surface area contributed by atoms with E-state index >= 15 is 0 Å². The van der Waals surface area contributed by atoms with Gasteiger partial charge in [0, 0.05) is 18.1 Å². The fraction of sp³-hybridized carbons (Fsp3) is 0.286. The molecule has 0 fully saturated rings. The van der Waals surface area contributed by atoms with Crippen LogP contribution in [0, 0.1) is 0 Å². The van der Waals surface area contributed by atoms with Crippen LogP contribution in [-0.4, -0.2) is 33.8 Å². The van der Waals surface area contributed by atoms with E-state index in [1.165, 1.54) is 19.1 Å². The summed E-state index contributed by atoms with van der Waals surface area (Å²) in [6.45, 7) is 1.47. The normalized spacial score (nSPS) is 13.1. The number of fused-ring (bicyclic) bond motifs is 1. The lowest BCUT2D eigenvalue weighted by atomic mass is 10.0. The standard InChI is InChI=1S/C14H13F3N2O3/c1-7(20)5-18-11-8-3-2-4-10(14(15,16)17)12(8)19-6-9(11)13(21)22/h2-4,6-7,20H,5H2,1H3,(H,18,19)(H,21,22)/t7-/m0/s1. The summed E-state index contributed by atoms with van der Waals surface area (Å²) in [6, 6.07) is 3.43. The third kappa shape index (κ3) is 3.11. The zero-order valence-electron chi connectivity index (χ0n) is 11.5. The van der Waals surface area contributed by atoms with Crippen LogP contribution >= 0.6 is 0 Å². The molecule has 0 aliphatic carbocycles. The molecule has 0 aliphatic heterocycles. The molecule has 1 aromatic heterocycles. The van der Waals surface area contributed by atoms with E-state index in [9.17, 15) is 23.1 Å². The van der Waals surface area contributed by atoms with Gasteiger partial charge in [0.2, 0.25) is 0 Å². The van der Waals surface area contributed by atoms with Crippen molar-refractivity contribution in [1.82, 2.24) is 4.98 Å². The Bertz CT molecular complexity index is 714. The summed E-state index contributed by atoms with van der Waals surface area (Å²) < 4.78 is 39.0. The summed E-state index contributed by atoms with van der Waals surface area (Å²) in [5.74, 6) is -1.32. The van der Waals surface area contributed by atoms with Gasteiger partial charge in [0.05, 0.1) is 22.9 Å². The minimum Gasteiger partial charge on any atom is -0.478 e. The molecule has 1 aromatic carbocycles. The molecule has 8 heteroatoms. The maximum absolute atomic E-state index is 13.0. The van der Waals surface area contributed by atoms with E-state index in [1.54, 1.807) is 0 Å². The van der Waals surface area contributed by atoms with Gasteiger partial charge in [0.25, 0.3) is 0 Å². The van der Waals surface area contributed by atoms with Crippen molar-refractivity contribution in [3.63, 3.8) is 0 Å². The molecular formula is C14H13F3N2O3. The minimum atomic E-state index is -4.60. The Morgan fingerprint density at radius 1 is 1.41 bits per heavy atom. The SMILES string of the molecule is C[C@H](O)CNc1c(C(=O)O)cnc2c(C(F)(F)F)cccc12. The van der Waals surface area contributed by atoms with Crippen LogP contribution in [0.2, 0.25) is 0 Å². The predicted molar refractivity (Wildman–Crippen MR) is 73.9 cm³/mol. The van der Waals surface area contributed by atoms with Crippen LogP contribution in [0.25, 0.3) is 10.9 Å². The Labute approximate surface area is 123 Å². The summed E-state index contributed by atoms with van der Waals surface area (Å²) in [7, 11) is 0. The van der Waals surface area contributed by atoms with Gasteiger partial charge in [-0.25, -0.2) is 4.79 Å². The van der Waals surface area contributed by atoms with E-state index < -0.39 is 23.8 Å². The van der Waals surface area contributed by atoms with Crippen molar-refractivity contribution < 1.29 is 28.2 Å². The maximum atomic E-state index is 13.0. The lowest BCUT2D eigenvalue weighted by molar-refractivity contribution is -0.136. The van der Waals surface area contributed by atoms with Crippen molar-refractivity contribution in [2.24, 2.45) is 0 Å². The Balaban J connectivity index is 2.71. The Morgan fingerprint density at radius 2 is 2.09 bits per heavy atom. The fourth-order valence-corrected chi connectivity index (χ4v) is 2.05. The van der Waals surface area contributed by atoms with Crippen LogP contribution in [0.1, 0.15) is 22.8 Å². The number of nitrogens with zero attached hydrogens (tertiary/aromatic N) is 1.